The number of rotatable bonds is 9. The van der Waals surface area contributed by atoms with Crippen LogP contribution >= 0.6 is 0 Å². The van der Waals surface area contributed by atoms with Gasteiger partial charge in [-0.2, -0.15) is 0 Å². The first kappa shape index (κ1) is 23.4. The van der Waals surface area contributed by atoms with Crippen LogP contribution in [0, 0.1) is 11.8 Å². The lowest BCUT2D eigenvalue weighted by Crippen LogP contribution is -2.46. The van der Waals surface area contributed by atoms with Gasteiger partial charge in [0.05, 0.1) is 12.1 Å². The van der Waals surface area contributed by atoms with Crippen molar-refractivity contribution in [1.82, 2.24) is 5.32 Å². The Labute approximate surface area is 137 Å². The summed E-state index contributed by atoms with van der Waals surface area (Å²) in [5.74, 6) is 1.09. The van der Waals surface area contributed by atoms with Crippen LogP contribution in [0.5, 0.6) is 0 Å². The molecule has 1 unspecified atom stereocenters. The van der Waals surface area contributed by atoms with Crippen molar-refractivity contribution in [2.24, 2.45) is 11.8 Å². The van der Waals surface area contributed by atoms with Gasteiger partial charge in [0.15, 0.2) is 0 Å². The van der Waals surface area contributed by atoms with Gasteiger partial charge in [0, 0.05) is 18.8 Å². The molecule has 132 valence electrons. The first-order chi connectivity index (χ1) is 10.1. The highest BCUT2D eigenvalue weighted by molar-refractivity contribution is 5.82. The van der Waals surface area contributed by atoms with Crippen LogP contribution in [0.25, 0.3) is 0 Å². The van der Waals surface area contributed by atoms with Crippen LogP contribution in [0.15, 0.2) is 0 Å². The van der Waals surface area contributed by atoms with E-state index in [4.69, 9.17) is 5.11 Å². The molecule has 0 saturated carbocycles. The highest BCUT2D eigenvalue weighted by atomic mass is 16.3. The summed E-state index contributed by atoms with van der Waals surface area (Å²) in [4.78, 5) is 23.0. The summed E-state index contributed by atoms with van der Waals surface area (Å²) in [7, 11) is 0. The molecular weight excluding hydrogens is 278 g/mol. The first-order valence-electron chi connectivity index (χ1n) is 8.54. The van der Waals surface area contributed by atoms with Gasteiger partial charge in [-0.05, 0) is 32.6 Å². The molecule has 0 aliphatic heterocycles. The zero-order chi connectivity index (χ0) is 17.8. The Balaban J connectivity index is 0. The van der Waals surface area contributed by atoms with Gasteiger partial charge in [-0.1, -0.05) is 41.0 Å². The summed E-state index contributed by atoms with van der Waals surface area (Å²) in [5.41, 5.74) is -0.586. The summed E-state index contributed by atoms with van der Waals surface area (Å²) in [5, 5.41) is 11.7. The van der Waals surface area contributed by atoms with Gasteiger partial charge in [-0.15, -0.1) is 0 Å². The van der Waals surface area contributed by atoms with Crippen LogP contribution in [0.3, 0.4) is 0 Å². The molecule has 0 aliphatic rings. The molecule has 1 atom stereocenters. The molecule has 4 nitrogen and oxygen atoms in total. The Hall–Kier alpha value is -0.900. The molecule has 0 bridgehead atoms. The number of Topliss-reactive ketones (excluding diaryl/α,β-unsaturated/α-hetero) is 1. The van der Waals surface area contributed by atoms with Crippen molar-refractivity contribution in [3.05, 3.63) is 0 Å². The lowest BCUT2D eigenvalue weighted by Gasteiger charge is -2.23. The van der Waals surface area contributed by atoms with Crippen LogP contribution in [0.1, 0.15) is 80.6 Å². The van der Waals surface area contributed by atoms with Gasteiger partial charge < -0.3 is 10.4 Å². The van der Waals surface area contributed by atoms with E-state index < -0.39 is 5.54 Å². The maximum Gasteiger partial charge on any atom is 0.220 e. The highest BCUT2D eigenvalue weighted by Gasteiger charge is 2.19. The van der Waals surface area contributed by atoms with E-state index in [0.717, 1.165) is 12.3 Å². The maximum absolute atomic E-state index is 11.5. The van der Waals surface area contributed by atoms with Crippen LogP contribution in [-0.2, 0) is 9.59 Å². The van der Waals surface area contributed by atoms with Crippen molar-refractivity contribution in [1.29, 1.82) is 0 Å². The molecule has 4 heteroatoms. The minimum absolute atomic E-state index is 0.0898. The summed E-state index contributed by atoms with van der Waals surface area (Å²) < 4.78 is 0. The Kier molecular flexibility index (Phi) is 13.4. The molecule has 0 heterocycles. The normalized spacial score (nSPS) is 12.4. The zero-order valence-electron chi connectivity index (χ0n) is 15.7. The van der Waals surface area contributed by atoms with Gasteiger partial charge in [0.25, 0.3) is 0 Å². The van der Waals surface area contributed by atoms with Crippen LogP contribution in [0.2, 0.25) is 0 Å². The van der Waals surface area contributed by atoms with Gasteiger partial charge in [0.1, 0.15) is 5.78 Å². The predicted octanol–water partition coefficient (Wildman–Crippen LogP) is 3.71. The fraction of sp³-hybridized carbons (Fsp3) is 0.889. The quantitative estimate of drug-likeness (QED) is 0.681. The second kappa shape index (κ2) is 12.6. The van der Waals surface area contributed by atoms with Gasteiger partial charge in [0.2, 0.25) is 5.91 Å². The lowest BCUT2D eigenvalue weighted by molar-refractivity contribution is -0.124. The lowest BCUT2D eigenvalue weighted by atomic mass is 9.99. The third kappa shape index (κ3) is 14.1. The molecular formula is C18H37NO3. The van der Waals surface area contributed by atoms with Gasteiger partial charge in [-0.3, -0.25) is 9.59 Å². The first-order valence-corrected chi connectivity index (χ1v) is 8.54. The largest absolute Gasteiger partial charge is 0.394 e. The molecule has 0 rings (SSSR count). The number of ketones is 1. The predicted molar refractivity (Wildman–Crippen MR) is 92.7 cm³/mol. The summed E-state index contributed by atoms with van der Waals surface area (Å²) in [6.07, 6.45) is 3.53. The van der Waals surface area contributed by atoms with E-state index in [1.54, 1.807) is 13.8 Å². The van der Waals surface area contributed by atoms with Crippen molar-refractivity contribution >= 4 is 11.7 Å². The molecule has 0 aliphatic carbocycles. The molecule has 2 N–H and O–H groups in total. The number of nitrogens with one attached hydrogen (secondary N) is 1. The third-order valence-corrected chi connectivity index (χ3v) is 3.68. The van der Waals surface area contributed by atoms with E-state index in [-0.39, 0.29) is 24.2 Å². The van der Waals surface area contributed by atoms with E-state index in [2.05, 4.69) is 26.1 Å². The Morgan fingerprint density at radius 1 is 1.05 bits per heavy atom. The molecule has 0 aromatic heterocycles. The second-order valence-corrected chi connectivity index (χ2v) is 7.02. The standard InChI is InChI=1S/C13H25NO3.C5H12/c1-5-10(2)11(16)7-6-8-12(17)14-13(3,4)9-15;1-4-5(2)3/h10,15H,5-9H2,1-4H3,(H,14,17);5H,4H2,1-3H3. The Morgan fingerprint density at radius 2 is 1.55 bits per heavy atom. The number of carbonyl (C=O) groups is 2. The molecule has 0 radical (unpaired) electrons. The number of aliphatic hydroxyl groups is 1. The van der Waals surface area contributed by atoms with Crippen molar-refractivity contribution in [3.63, 3.8) is 0 Å². The van der Waals surface area contributed by atoms with E-state index in [9.17, 15) is 9.59 Å². The monoisotopic (exact) mass is 315 g/mol. The molecule has 0 fully saturated rings. The number of aliphatic hydroxyl groups excluding tert-OH is 1. The smallest absolute Gasteiger partial charge is 0.220 e. The molecule has 1 amide bonds. The second-order valence-electron chi connectivity index (χ2n) is 7.02. The number of hydrogen-bond donors (Lipinski definition) is 2. The molecule has 0 aromatic rings. The fourth-order valence-electron chi connectivity index (χ4n) is 1.38. The highest BCUT2D eigenvalue weighted by Crippen LogP contribution is 2.09. The number of amides is 1. The molecule has 0 spiro atoms. The van der Waals surface area contributed by atoms with E-state index in [1.807, 2.05) is 13.8 Å². The van der Waals surface area contributed by atoms with Crippen LogP contribution in [-0.4, -0.2) is 28.9 Å². The minimum Gasteiger partial charge on any atom is -0.394 e. The van der Waals surface area contributed by atoms with Crippen molar-refractivity contribution in [3.8, 4) is 0 Å². The number of carbonyl (C=O) groups excluding carboxylic acids is 2. The van der Waals surface area contributed by atoms with E-state index >= 15 is 0 Å². The van der Waals surface area contributed by atoms with Gasteiger partial charge in [-0.25, -0.2) is 0 Å². The number of hydrogen-bond acceptors (Lipinski definition) is 3. The van der Waals surface area contributed by atoms with Crippen LogP contribution < -0.4 is 5.32 Å². The average Bonchev–Trinajstić information content (AvgIpc) is 2.46. The Bertz CT molecular complexity index is 311. The fourth-order valence-corrected chi connectivity index (χ4v) is 1.38. The summed E-state index contributed by atoms with van der Waals surface area (Å²) >= 11 is 0. The van der Waals surface area contributed by atoms with Crippen molar-refractivity contribution in [2.75, 3.05) is 6.61 Å². The summed E-state index contributed by atoms with van der Waals surface area (Å²) in [6, 6.07) is 0. The minimum atomic E-state index is -0.586. The molecule has 0 saturated heterocycles. The van der Waals surface area contributed by atoms with Gasteiger partial charge >= 0.3 is 0 Å². The topological polar surface area (TPSA) is 66.4 Å². The molecule has 0 aromatic carbocycles. The molecule has 22 heavy (non-hydrogen) atoms. The SMILES string of the molecule is CCC(C)C.CCC(C)C(=O)CCCC(=O)NC(C)(C)CO. The average molecular weight is 315 g/mol. The zero-order valence-corrected chi connectivity index (χ0v) is 15.7. The maximum atomic E-state index is 11.5. The van der Waals surface area contributed by atoms with E-state index in [1.165, 1.54) is 6.42 Å². The van der Waals surface area contributed by atoms with Crippen molar-refractivity contribution < 1.29 is 14.7 Å². The third-order valence-electron chi connectivity index (χ3n) is 3.68. The van der Waals surface area contributed by atoms with E-state index in [0.29, 0.717) is 19.3 Å². The van der Waals surface area contributed by atoms with Crippen LogP contribution in [0.4, 0.5) is 0 Å². The van der Waals surface area contributed by atoms with Crippen molar-refractivity contribution in [2.45, 2.75) is 86.1 Å². The summed E-state index contributed by atoms with van der Waals surface area (Å²) in [6.45, 7) is 14.0. The Morgan fingerprint density at radius 3 is 1.91 bits per heavy atom.